The molecule has 2 rings (SSSR count). The van der Waals surface area contributed by atoms with E-state index in [4.69, 9.17) is 0 Å². The Bertz CT molecular complexity index is 496. The number of nitrogens with one attached hydrogen (secondary N) is 1. The quantitative estimate of drug-likeness (QED) is 0.673. The lowest BCUT2D eigenvalue weighted by atomic mass is 10.2. The zero-order valence-electron chi connectivity index (χ0n) is 9.82. The molecule has 1 heterocycles. The van der Waals surface area contributed by atoms with Crippen LogP contribution in [0.3, 0.4) is 0 Å². The van der Waals surface area contributed by atoms with E-state index in [1.54, 1.807) is 11.3 Å². The van der Waals surface area contributed by atoms with Crippen molar-refractivity contribution in [3.63, 3.8) is 0 Å². The molecule has 0 radical (unpaired) electrons. The van der Waals surface area contributed by atoms with Crippen LogP contribution < -0.4 is 5.32 Å². The third-order valence-corrected chi connectivity index (χ3v) is 5.98. The molecule has 5 heteroatoms. The van der Waals surface area contributed by atoms with Crippen molar-refractivity contribution in [1.29, 1.82) is 0 Å². The lowest BCUT2D eigenvalue weighted by Crippen LogP contribution is -2.18. The van der Waals surface area contributed by atoms with Crippen LogP contribution in [0.5, 0.6) is 0 Å². The predicted octanol–water partition coefficient (Wildman–Crippen LogP) is 5.33. The third kappa shape index (κ3) is 3.84. The third-order valence-electron chi connectivity index (χ3n) is 2.60. The molecule has 0 amide bonds. The zero-order chi connectivity index (χ0) is 13.0. The number of hydrogen-bond acceptors (Lipinski definition) is 3. The summed E-state index contributed by atoms with van der Waals surface area (Å²) in [6.45, 7) is 0. The molecule has 1 atom stereocenters. The highest BCUT2D eigenvalue weighted by Crippen LogP contribution is 2.31. The maximum absolute atomic E-state index is 3.60. The van der Waals surface area contributed by atoms with Gasteiger partial charge in [0.25, 0.3) is 0 Å². The lowest BCUT2D eigenvalue weighted by molar-refractivity contribution is 0.661. The first-order chi connectivity index (χ1) is 8.70. The van der Waals surface area contributed by atoms with E-state index >= 15 is 0 Å². The number of thiophene rings is 1. The van der Waals surface area contributed by atoms with Crippen molar-refractivity contribution in [1.82, 2.24) is 5.32 Å². The van der Waals surface area contributed by atoms with Gasteiger partial charge >= 0.3 is 0 Å². The molecule has 0 saturated carbocycles. The highest BCUT2D eigenvalue weighted by molar-refractivity contribution is 9.10. The van der Waals surface area contributed by atoms with Crippen LogP contribution in [-0.2, 0) is 0 Å². The number of benzene rings is 1. The van der Waals surface area contributed by atoms with E-state index < -0.39 is 0 Å². The summed E-state index contributed by atoms with van der Waals surface area (Å²) in [5.41, 5.74) is 1.34. The SMILES string of the molecule is CNC(CSc1ccc(Br)cc1)c1cscc1Br. The second-order valence-corrected chi connectivity index (χ2v) is 7.39. The fourth-order valence-corrected chi connectivity index (χ4v) is 4.50. The molecule has 0 aliphatic rings. The van der Waals surface area contributed by atoms with Crippen LogP contribution in [0.25, 0.3) is 0 Å². The van der Waals surface area contributed by atoms with Gasteiger partial charge in [0, 0.05) is 31.0 Å². The summed E-state index contributed by atoms with van der Waals surface area (Å²) in [5, 5.41) is 7.70. The lowest BCUT2D eigenvalue weighted by Gasteiger charge is -2.15. The Morgan fingerprint density at radius 3 is 2.50 bits per heavy atom. The van der Waals surface area contributed by atoms with Crippen molar-refractivity contribution in [2.45, 2.75) is 10.9 Å². The molecule has 1 aromatic carbocycles. The standard InChI is InChI=1S/C13H13Br2NS2/c1-16-13(11-6-17-7-12(11)15)8-18-10-4-2-9(14)3-5-10/h2-7,13,16H,8H2,1H3. The molecule has 0 aliphatic heterocycles. The molecule has 0 saturated heterocycles. The fourth-order valence-electron chi connectivity index (χ4n) is 1.58. The number of rotatable bonds is 5. The predicted molar refractivity (Wildman–Crippen MR) is 88.7 cm³/mol. The minimum Gasteiger partial charge on any atom is -0.312 e. The van der Waals surface area contributed by atoms with E-state index in [-0.39, 0.29) is 0 Å². The Kier molecular flexibility index (Phi) is 5.76. The van der Waals surface area contributed by atoms with Crippen LogP contribution in [0.2, 0.25) is 0 Å². The summed E-state index contributed by atoms with van der Waals surface area (Å²) in [6, 6.07) is 8.82. The Morgan fingerprint density at radius 2 is 1.94 bits per heavy atom. The molecular formula is C13H13Br2NS2. The van der Waals surface area contributed by atoms with Gasteiger partial charge in [0.05, 0.1) is 0 Å². The summed E-state index contributed by atoms with van der Waals surface area (Å²) < 4.78 is 2.32. The number of hydrogen-bond donors (Lipinski definition) is 1. The van der Waals surface area contributed by atoms with Crippen LogP contribution in [0.15, 0.2) is 48.9 Å². The van der Waals surface area contributed by atoms with Gasteiger partial charge in [-0.15, -0.1) is 11.8 Å². The van der Waals surface area contributed by atoms with Crippen molar-refractivity contribution in [2.75, 3.05) is 12.8 Å². The van der Waals surface area contributed by atoms with Gasteiger partial charge in [-0.3, -0.25) is 0 Å². The fraction of sp³-hybridized carbons (Fsp3) is 0.231. The second kappa shape index (κ2) is 7.10. The Morgan fingerprint density at radius 1 is 1.22 bits per heavy atom. The first kappa shape index (κ1) is 14.6. The monoisotopic (exact) mass is 405 g/mol. The smallest absolute Gasteiger partial charge is 0.0432 e. The zero-order valence-corrected chi connectivity index (χ0v) is 14.6. The van der Waals surface area contributed by atoms with Gasteiger partial charge < -0.3 is 5.32 Å². The van der Waals surface area contributed by atoms with Gasteiger partial charge in [0.15, 0.2) is 0 Å². The molecule has 0 bridgehead atoms. The normalized spacial score (nSPS) is 12.6. The maximum Gasteiger partial charge on any atom is 0.0432 e. The molecular weight excluding hydrogens is 394 g/mol. The second-order valence-electron chi connectivity index (χ2n) is 3.78. The van der Waals surface area contributed by atoms with Gasteiger partial charge in [-0.05, 0) is 58.2 Å². The van der Waals surface area contributed by atoms with Gasteiger partial charge in [-0.25, -0.2) is 0 Å². The molecule has 1 N–H and O–H groups in total. The molecule has 2 aromatic rings. The van der Waals surface area contributed by atoms with Gasteiger partial charge in [0.1, 0.15) is 0 Å². The first-order valence-electron chi connectivity index (χ1n) is 5.48. The highest BCUT2D eigenvalue weighted by Gasteiger charge is 2.13. The maximum atomic E-state index is 3.60. The summed E-state index contributed by atoms with van der Waals surface area (Å²) >= 11 is 10.7. The molecule has 1 nitrogen and oxygen atoms in total. The van der Waals surface area contributed by atoms with E-state index in [0.29, 0.717) is 6.04 Å². The van der Waals surface area contributed by atoms with Crippen molar-refractivity contribution >= 4 is 55.0 Å². The average molecular weight is 407 g/mol. The topological polar surface area (TPSA) is 12.0 Å². The van der Waals surface area contributed by atoms with Crippen LogP contribution in [0, 0.1) is 0 Å². The Labute approximate surface area is 133 Å². The van der Waals surface area contributed by atoms with Crippen LogP contribution in [0.1, 0.15) is 11.6 Å². The van der Waals surface area contributed by atoms with E-state index in [1.807, 2.05) is 18.8 Å². The van der Waals surface area contributed by atoms with Crippen molar-refractivity contribution in [2.24, 2.45) is 0 Å². The van der Waals surface area contributed by atoms with Crippen molar-refractivity contribution in [3.05, 3.63) is 49.5 Å². The Balaban J connectivity index is 2.00. The van der Waals surface area contributed by atoms with Crippen molar-refractivity contribution in [3.8, 4) is 0 Å². The molecule has 18 heavy (non-hydrogen) atoms. The van der Waals surface area contributed by atoms with E-state index in [2.05, 4.69) is 72.2 Å². The van der Waals surface area contributed by atoms with E-state index in [0.717, 1.165) is 10.2 Å². The summed E-state index contributed by atoms with van der Waals surface area (Å²) in [6.07, 6.45) is 0. The largest absolute Gasteiger partial charge is 0.312 e. The number of thioether (sulfide) groups is 1. The summed E-state index contributed by atoms with van der Waals surface area (Å²) in [7, 11) is 2.01. The van der Waals surface area contributed by atoms with Gasteiger partial charge in [-0.2, -0.15) is 11.3 Å². The van der Waals surface area contributed by atoms with Gasteiger partial charge in [-0.1, -0.05) is 15.9 Å². The van der Waals surface area contributed by atoms with Gasteiger partial charge in [0.2, 0.25) is 0 Å². The van der Waals surface area contributed by atoms with Crippen LogP contribution in [-0.4, -0.2) is 12.8 Å². The molecule has 0 spiro atoms. The first-order valence-corrected chi connectivity index (χ1v) is 8.99. The minimum atomic E-state index is 0.374. The van der Waals surface area contributed by atoms with E-state index in [1.165, 1.54) is 14.9 Å². The minimum absolute atomic E-state index is 0.374. The van der Waals surface area contributed by atoms with Crippen LogP contribution in [0.4, 0.5) is 0 Å². The van der Waals surface area contributed by atoms with Crippen molar-refractivity contribution < 1.29 is 0 Å². The molecule has 96 valence electrons. The molecule has 0 fully saturated rings. The van der Waals surface area contributed by atoms with E-state index in [9.17, 15) is 0 Å². The van der Waals surface area contributed by atoms with Crippen LogP contribution >= 0.6 is 55.0 Å². The molecule has 1 unspecified atom stereocenters. The Hall–Kier alpha value is 0.190. The average Bonchev–Trinajstić information content (AvgIpc) is 2.79. The highest BCUT2D eigenvalue weighted by atomic mass is 79.9. The summed E-state index contributed by atoms with van der Waals surface area (Å²) in [4.78, 5) is 1.30. The number of halogens is 2. The molecule has 0 aliphatic carbocycles. The molecule has 1 aromatic heterocycles. The summed E-state index contributed by atoms with van der Waals surface area (Å²) in [5.74, 6) is 1.02.